The average molecular weight is 463 g/mol. The third-order valence-electron chi connectivity index (χ3n) is 6.24. The molecule has 1 aliphatic rings. The molecule has 1 fully saturated rings. The van der Waals surface area contributed by atoms with Crippen molar-refractivity contribution in [2.75, 3.05) is 24.5 Å². The van der Waals surface area contributed by atoms with Crippen molar-refractivity contribution in [3.8, 4) is 17.1 Å². The van der Waals surface area contributed by atoms with Crippen LogP contribution < -0.4 is 4.90 Å². The number of hydrogen-bond donors (Lipinski definition) is 2. The van der Waals surface area contributed by atoms with Crippen LogP contribution in [0.5, 0.6) is 5.75 Å². The van der Waals surface area contributed by atoms with Gasteiger partial charge in [-0.3, -0.25) is 9.69 Å². The molecule has 2 heterocycles. The summed E-state index contributed by atoms with van der Waals surface area (Å²) in [6.45, 7) is 10.6. The molecule has 34 heavy (non-hydrogen) atoms. The Morgan fingerprint density at radius 3 is 2.74 bits per heavy atom. The minimum Gasteiger partial charge on any atom is -0.508 e. The number of tetrazole rings is 1. The first kappa shape index (κ1) is 23.4. The second kappa shape index (κ2) is 10.0. The summed E-state index contributed by atoms with van der Waals surface area (Å²) in [4.78, 5) is 16.0. The highest BCUT2D eigenvalue weighted by Crippen LogP contribution is 2.31. The first-order valence-corrected chi connectivity index (χ1v) is 11.4. The van der Waals surface area contributed by atoms with E-state index in [0.717, 1.165) is 42.0 Å². The van der Waals surface area contributed by atoms with Crippen LogP contribution in [-0.2, 0) is 17.8 Å². The van der Waals surface area contributed by atoms with Gasteiger partial charge in [0.25, 0.3) is 0 Å². The Labute approximate surface area is 198 Å². The molecule has 9 heteroatoms. The van der Waals surface area contributed by atoms with Gasteiger partial charge in [0.15, 0.2) is 5.82 Å². The Bertz CT molecular complexity index is 1180. The number of phenolic OH excluding ortho intramolecular Hbond substituents is 1. The maximum Gasteiger partial charge on any atom is 0.325 e. The minimum atomic E-state index is -1.01. The smallest absolute Gasteiger partial charge is 0.325 e. The number of aromatic hydroxyl groups is 1. The highest BCUT2D eigenvalue weighted by molar-refractivity contribution is 5.68. The van der Waals surface area contributed by atoms with Crippen molar-refractivity contribution in [1.82, 2.24) is 25.1 Å². The van der Waals surface area contributed by atoms with Gasteiger partial charge in [0, 0.05) is 49.0 Å². The van der Waals surface area contributed by atoms with Gasteiger partial charge >= 0.3 is 5.97 Å². The highest BCUT2D eigenvalue weighted by atomic mass is 16.4. The first-order valence-electron chi connectivity index (χ1n) is 11.4. The van der Waals surface area contributed by atoms with Crippen molar-refractivity contribution in [2.24, 2.45) is 0 Å². The summed E-state index contributed by atoms with van der Waals surface area (Å²) in [5.74, 6) is -0.395. The van der Waals surface area contributed by atoms with Crippen LogP contribution in [0.3, 0.4) is 0 Å². The first-order chi connectivity index (χ1) is 16.4. The molecule has 3 aromatic rings. The van der Waals surface area contributed by atoms with Crippen LogP contribution in [0.25, 0.3) is 11.4 Å². The lowest BCUT2D eigenvalue weighted by Gasteiger charge is -2.45. The molecule has 2 N–H and O–H groups in total. The number of anilines is 1. The molecule has 0 spiro atoms. The van der Waals surface area contributed by atoms with E-state index in [4.69, 9.17) is 0 Å². The predicted octanol–water partition coefficient (Wildman–Crippen LogP) is 2.81. The molecular weight excluding hydrogens is 432 g/mol. The molecular formula is C25H30N6O3. The number of aliphatic carboxylic acids is 1. The Morgan fingerprint density at radius 2 is 1.97 bits per heavy atom. The van der Waals surface area contributed by atoms with Gasteiger partial charge in [-0.2, -0.15) is 0 Å². The van der Waals surface area contributed by atoms with E-state index in [1.54, 1.807) is 6.07 Å². The van der Waals surface area contributed by atoms with Gasteiger partial charge in [-0.1, -0.05) is 30.3 Å². The zero-order chi connectivity index (χ0) is 24.2. The fourth-order valence-corrected chi connectivity index (χ4v) is 4.65. The molecule has 0 radical (unpaired) electrons. The second-order valence-electron chi connectivity index (χ2n) is 8.84. The van der Waals surface area contributed by atoms with E-state index in [0.29, 0.717) is 24.3 Å². The summed E-state index contributed by atoms with van der Waals surface area (Å²) >= 11 is 0. The molecule has 1 aliphatic heterocycles. The van der Waals surface area contributed by atoms with E-state index in [1.165, 1.54) is 4.68 Å². The monoisotopic (exact) mass is 462 g/mol. The van der Waals surface area contributed by atoms with Crippen LogP contribution in [0.1, 0.15) is 25.0 Å². The van der Waals surface area contributed by atoms with Crippen molar-refractivity contribution in [2.45, 2.75) is 38.9 Å². The molecule has 1 saturated heterocycles. The lowest BCUT2D eigenvalue weighted by atomic mass is 9.98. The number of rotatable bonds is 8. The van der Waals surface area contributed by atoms with E-state index in [9.17, 15) is 15.0 Å². The number of carboxylic acid groups (broad SMARTS) is 1. The van der Waals surface area contributed by atoms with Crippen molar-refractivity contribution < 1.29 is 15.0 Å². The molecule has 2 aromatic carbocycles. The molecule has 9 nitrogen and oxygen atoms in total. The molecule has 178 valence electrons. The van der Waals surface area contributed by atoms with E-state index in [1.807, 2.05) is 36.4 Å². The molecule has 1 aromatic heterocycles. The topological polar surface area (TPSA) is 108 Å². The van der Waals surface area contributed by atoms with Gasteiger partial charge in [0.05, 0.1) is 0 Å². The van der Waals surface area contributed by atoms with Crippen molar-refractivity contribution >= 4 is 11.7 Å². The van der Waals surface area contributed by atoms with Gasteiger partial charge in [0.2, 0.25) is 0 Å². The third kappa shape index (κ3) is 5.09. The summed E-state index contributed by atoms with van der Waals surface area (Å²) in [5, 5.41) is 31.3. The van der Waals surface area contributed by atoms with Gasteiger partial charge in [-0.05, 0) is 54.0 Å². The van der Waals surface area contributed by atoms with E-state index >= 15 is 0 Å². The fourth-order valence-electron chi connectivity index (χ4n) is 4.65. The number of benzene rings is 2. The number of phenols is 1. The molecule has 0 saturated carbocycles. The Hall–Kier alpha value is -3.72. The fraction of sp³-hybridized carbons (Fsp3) is 0.360. The molecule has 0 amide bonds. The lowest BCUT2D eigenvalue weighted by Crippen LogP contribution is -2.56. The number of carboxylic acids is 1. The van der Waals surface area contributed by atoms with E-state index in [-0.39, 0.29) is 12.3 Å². The quantitative estimate of drug-likeness (QED) is 0.492. The summed E-state index contributed by atoms with van der Waals surface area (Å²) in [6, 6.07) is 14.0. The number of piperazine rings is 1. The normalized spacial score (nSPS) is 18.7. The Morgan fingerprint density at radius 1 is 1.18 bits per heavy atom. The van der Waals surface area contributed by atoms with E-state index < -0.39 is 5.97 Å². The van der Waals surface area contributed by atoms with Gasteiger partial charge in [-0.15, -0.1) is 11.7 Å². The number of nitrogens with zero attached hydrogens (tertiary/aromatic N) is 6. The molecule has 4 rings (SSSR count). The average Bonchev–Trinajstić information content (AvgIpc) is 3.23. The largest absolute Gasteiger partial charge is 0.508 e. The number of hydrogen-bond acceptors (Lipinski definition) is 7. The van der Waals surface area contributed by atoms with Gasteiger partial charge in [-0.25, -0.2) is 4.68 Å². The molecule has 0 unspecified atom stereocenters. The molecule has 2 atom stereocenters. The van der Waals surface area contributed by atoms with Crippen molar-refractivity contribution in [1.29, 1.82) is 0 Å². The standard InChI is InChI=1S/C25H30N6O3/c1-4-9-29-14-18(3)30(15-17(29)2)21-11-19(12-22(32)13-21)10-20-7-5-6-8-23(20)25-26-27-28-31(25)16-24(33)34/h4-8,11-13,17-18,32H,1,9-10,14-16H2,2-3H3,(H,33,34)/t17-,18+/m1/s1. The van der Waals surface area contributed by atoms with Crippen LogP contribution in [0.4, 0.5) is 5.69 Å². The van der Waals surface area contributed by atoms with Crippen LogP contribution in [0, 0.1) is 0 Å². The summed E-state index contributed by atoms with van der Waals surface area (Å²) in [5.41, 5.74) is 3.64. The molecule has 0 aliphatic carbocycles. The number of carbonyl (C=O) groups is 1. The van der Waals surface area contributed by atoms with Crippen LogP contribution in [0.15, 0.2) is 55.1 Å². The van der Waals surface area contributed by atoms with Crippen molar-refractivity contribution in [3.63, 3.8) is 0 Å². The van der Waals surface area contributed by atoms with Crippen LogP contribution in [0.2, 0.25) is 0 Å². The van der Waals surface area contributed by atoms with Gasteiger partial charge < -0.3 is 15.1 Å². The van der Waals surface area contributed by atoms with Crippen molar-refractivity contribution in [3.05, 3.63) is 66.2 Å². The maximum atomic E-state index is 11.2. The Balaban J connectivity index is 1.62. The minimum absolute atomic E-state index is 0.217. The molecule has 0 bridgehead atoms. The zero-order valence-electron chi connectivity index (χ0n) is 19.5. The SMILES string of the molecule is C=CCN1C[C@H](C)N(c2cc(O)cc(Cc3ccccc3-c3nnnn3CC(=O)O)c2)C[C@H]1C. The predicted molar refractivity (Wildman–Crippen MR) is 130 cm³/mol. The van der Waals surface area contributed by atoms with Crippen LogP contribution >= 0.6 is 0 Å². The summed E-state index contributed by atoms with van der Waals surface area (Å²) < 4.78 is 1.28. The summed E-state index contributed by atoms with van der Waals surface area (Å²) in [6.07, 6.45) is 2.48. The van der Waals surface area contributed by atoms with Gasteiger partial charge in [0.1, 0.15) is 12.3 Å². The van der Waals surface area contributed by atoms with E-state index in [2.05, 4.69) is 51.8 Å². The maximum absolute atomic E-state index is 11.2. The zero-order valence-corrected chi connectivity index (χ0v) is 19.5. The highest BCUT2D eigenvalue weighted by Gasteiger charge is 2.29. The summed E-state index contributed by atoms with van der Waals surface area (Å²) in [7, 11) is 0. The number of aromatic nitrogens is 4. The third-order valence-corrected chi connectivity index (χ3v) is 6.24. The van der Waals surface area contributed by atoms with Crippen LogP contribution in [-0.4, -0.2) is 73.0 Å². The lowest BCUT2D eigenvalue weighted by molar-refractivity contribution is -0.137. The Kier molecular flexibility index (Phi) is 6.93. The second-order valence-corrected chi connectivity index (χ2v) is 8.84.